The molecule has 0 amide bonds. The molecule has 0 saturated heterocycles. The molecule has 2 aromatic carbocycles. The fourth-order valence-electron chi connectivity index (χ4n) is 2.28. The number of hydrogen-bond donors (Lipinski definition) is 0. The van der Waals surface area contributed by atoms with E-state index in [-0.39, 0.29) is 10.6 Å². The van der Waals surface area contributed by atoms with Gasteiger partial charge in [-0.2, -0.15) is 0 Å². The predicted octanol–water partition coefficient (Wildman–Crippen LogP) is 4.97. The van der Waals surface area contributed by atoms with Crippen molar-refractivity contribution in [1.29, 1.82) is 0 Å². The van der Waals surface area contributed by atoms with Gasteiger partial charge in [0.1, 0.15) is 0 Å². The minimum Gasteiger partial charge on any atom is -0.463 e. The van der Waals surface area contributed by atoms with Crippen LogP contribution in [0.1, 0.15) is 48.2 Å². The molecule has 0 spiro atoms. The lowest BCUT2D eigenvalue weighted by Crippen LogP contribution is -2.22. The van der Waals surface area contributed by atoms with Crippen LogP contribution in [0.15, 0.2) is 54.6 Å². The first-order chi connectivity index (χ1) is 12.1. The topological polar surface area (TPSA) is 52.6 Å². The molecule has 5 heteroatoms. The van der Waals surface area contributed by atoms with Crippen molar-refractivity contribution >= 4 is 23.5 Å². The summed E-state index contributed by atoms with van der Waals surface area (Å²) >= 11 is 6.03. The van der Waals surface area contributed by atoms with Crippen LogP contribution in [0.3, 0.4) is 0 Å². The van der Waals surface area contributed by atoms with E-state index in [2.05, 4.69) is 6.92 Å². The molecule has 0 aliphatic carbocycles. The Balaban J connectivity index is 2.13. The second kappa shape index (κ2) is 9.84. The number of rotatable bonds is 8. The molecule has 0 radical (unpaired) electrons. The molecule has 0 bridgehead atoms. The van der Waals surface area contributed by atoms with Crippen LogP contribution in [0.25, 0.3) is 0 Å². The van der Waals surface area contributed by atoms with Gasteiger partial charge in [0.2, 0.25) is 6.10 Å². The molecule has 0 fully saturated rings. The standard InChI is InChI=1S/C20H21ClO4/c1-2-3-9-14-24-20(23)18(15-10-5-4-6-11-15)25-19(22)16-12-7-8-13-17(16)21/h4-8,10-13,18H,2-3,9,14H2,1H3. The van der Waals surface area contributed by atoms with Crippen LogP contribution in [-0.4, -0.2) is 18.5 Å². The first-order valence-electron chi connectivity index (χ1n) is 8.30. The molecular formula is C20H21ClO4. The lowest BCUT2D eigenvalue weighted by molar-refractivity contribution is -0.154. The Kier molecular flexibility index (Phi) is 7.48. The highest BCUT2D eigenvalue weighted by molar-refractivity contribution is 6.33. The Hall–Kier alpha value is -2.33. The van der Waals surface area contributed by atoms with Crippen LogP contribution in [0, 0.1) is 0 Å². The van der Waals surface area contributed by atoms with E-state index in [9.17, 15) is 9.59 Å². The smallest absolute Gasteiger partial charge is 0.352 e. The number of carbonyl (C=O) groups excluding carboxylic acids is 2. The van der Waals surface area contributed by atoms with Gasteiger partial charge in [-0.3, -0.25) is 0 Å². The zero-order valence-corrected chi connectivity index (χ0v) is 14.9. The minimum absolute atomic E-state index is 0.212. The van der Waals surface area contributed by atoms with Gasteiger partial charge in [-0.15, -0.1) is 0 Å². The number of hydrogen-bond acceptors (Lipinski definition) is 4. The summed E-state index contributed by atoms with van der Waals surface area (Å²) in [5, 5.41) is 0.274. The maximum atomic E-state index is 12.4. The fraction of sp³-hybridized carbons (Fsp3) is 0.300. The van der Waals surface area contributed by atoms with Gasteiger partial charge >= 0.3 is 11.9 Å². The summed E-state index contributed by atoms with van der Waals surface area (Å²) in [5.41, 5.74) is 0.771. The van der Waals surface area contributed by atoms with Crippen LogP contribution in [0.4, 0.5) is 0 Å². The summed E-state index contributed by atoms with van der Waals surface area (Å²) < 4.78 is 10.7. The van der Waals surface area contributed by atoms with Gasteiger partial charge in [-0.1, -0.05) is 73.8 Å². The summed E-state index contributed by atoms with van der Waals surface area (Å²) in [6.45, 7) is 2.37. The molecule has 0 aliphatic rings. The summed E-state index contributed by atoms with van der Waals surface area (Å²) in [4.78, 5) is 24.8. The van der Waals surface area contributed by atoms with Gasteiger partial charge in [0.15, 0.2) is 0 Å². The first-order valence-corrected chi connectivity index (χ1v) is 8.68. The Labute approximate surface area is 152 Å². The van der Waals surface area contributed by atoms with Crippen molar-refractivity contribution in [3.63, 3.8) is 0 Å². The minimum atomic E-state index is -1.12. The molecule has 132 valence electrons. The average molecular weight is 361 g/mol. The summed E-state index contributed by atoms with van der Waals surface area (Å²) in [5.74, 6) is -1.24. The van der Waals surface area contributed by atoms with Gasteiger partial charge < -0.3 is 9.47 Å². The number of benzene rings is 2. The van der Waals surface area contributed by atoms with Crippen LogP contribution in [0.5, 0.6) is 0 Å². The van der Waals surface area contributed by atoms with E-state index >= 15 is 0 Å². The third kappa shape index (κ3) is 5.61. The molecule has 0 aromatic heterocycles. The zero-order valence-electron chi connectivity index (χ0n) is 14.1. The summed E-state index contributed by atoms with van der Waals surface area (Å²) in [6, 6.07) is 15.4. The van der Waals surface area contributed by atoms with Gasteiger partial charge in [0.25, 0.3) is 0 Å². The highest BCUT2D eigenvalue weighted by atomic mass is 35.5. The monoisotopic (exact) mass is 360 g/mol. The van der Waals surface area contributed by atoms with Crippen LogP contribution in [-0.2, 0) is 14.3 Å². The third-order valence-electron chi connectivity index (χ3n) is 3.63. The van der Waals surface area contributed by atoms with Crippen molar-refractivity contribution in [3.05, 3.63) is 70.7 Å². The van der Waals surface area contributed by atoms with E-state index in [4.69, 9.17) is 21.1 Å². The number of halogens is 1. The molecule has 2 aromatic rings. The van der Waals surface area contributed by atoms with Crippen molar-refractivity contribution in [2.75, 3.05) is 6.61 Å². The molecule has 25 heavy (non-hydrogen) atoms. The van der Waals surface area contributed by atoms with E-state index in [1.54, 1.807) is 48.5 Å². The summed E-state index contributed by atoms with van der Waals surface area (Å²) in [7, 11) is 0. The van der Waals surface area contributed by atoms with Crippen LogP contribution < -0.4 is 0 Å². The molecule has 0 N–H and O–H groups in total. The molecule has 1 unspecified atom stereocenters. The first kappa shape index (κ1) is 19.0. The van der Waals surface area contributed by atoms with Gasteiger partial charge in [0.05, 0.1) is 17.2 Å². The van der Waals surface area contributed by atoms with Crippen molar-refractivity contribution in [3.8, 4) is 0 Å². The van der Waals surface area contributed by atoms with E-state index < -0.39 is 18.0 Å². The molecule has 0 aliphatic heterocycles. The molecule has 0 heterocycles. The number of ether oxygens (including phenoxy) is 2. The molecule has 0 saturated carbocycles. The number of esters is 2. The Bertz CT molecular complexity index is 700. The maximum Gasteiger partial charge on any atom is 0.352 e. The van der Waals surface area contributed by atoms with E-state index in [1.165, 1.54) is 0 Å². The average Bonchev–Trinajstić information content (AvgIpc) is 2.64. The molecule has 1 atom stereocenters. The lowest BCUT2D eigenvalue weighted by Gasteiger charge is -2.17. The number of unbranched alkanes of at least 4 members (excludes halogenated alkanes) is 2. The van der Waals surface area contributed by atoms with Gasteiger partial charge in [0, 0.05) is 5.56 Å². The molecule has 4 nitrogen and oxygen atoms in total. The predicted molar refractivity (Wildman–Crippen MR) is 96.5 cm³/mol. The maximum absolute atomic E-state index is 12.4. The van der Waals surface area contributed by atoms with Crippen molar-refractivity contribution < 1.29 is 19.1 Å². The van der Waals surface area contributed by atoms with E-state index in [0.29, 0.717) is 12.2 Å². The Morgan fingerprint density at radius 1 is 1.00 bits per heavy atom. The highest BCUT2D eigenvalue weighted by Crippen LogP contribution is 2.23. The van der Waals surface area contributed by atoms with Crippen molar-refractivity contribution in [2.45, 2.75) is 32.3 Å². The van der Waals surface area contributed by atoms with Crippen LogP contribution >= 0.6 is 11.6 Å². The number of carbonyl (C=O) groups is 2. The Morgan fingerprint density at radius 2 is 1.68 bits per heavy atom. The van der Waals surface area contributed by atoms with Gasteiger partial charge in [-0.25, -0.2) is 9.59 Å². The van der Waals surface area contributed by atoms with E-state index in [0.717, 1.165) is 19.3 Å². The van der Waals surface area contributed by atoms with Crippen molar-refractivity contribution in [2.24, 2.45) is 0 Å². The van der Waals surface area contributed by atoms with Gasteiger partial charge in [-0.05, 0) is 18.6 Å². The molecule has 2 rings (SSSR count). The largest absolute Gasteiger partial charge is 0.463 e. The van der Waals surface area contributed by atoms with E-state index in [1.807, 2.05) is 6.07 Å². The third-order valence-corrected chi connectivity index (χ3v) is 3.96. The lowest BCUT2D eigenvalue weighted by atomic mass is 10.1. The fourth-order valence-corrected chi connectivity index (χ4v) is 2.49. The second-order valence-electron chi connectivity index (χ2n) is 5.55. The SMILES string of the molecule is CCCCCOC(=O)C(OC(=O)c1ccccc1Cl)c1ccccc1. The molecular weight excluding hydrogens is 340 g/mol. The van der Waals surface area contributed by atoms with Crippen molar-refractivity contribution in [1.82, 2.24) is 0 Å². The van der Waals surface area contributed by atoms with Crippen LogP contribution in [0.2, 0.25) is 5.02 Å². The summed E-state index contributed by atoms with van der Waals surface area (Å²) in [6.07, 6.45) is 1.66. The quantitative estimate of drug-likeness (QED) is 0.492. The normalized spacial score (nSPS) is 11.6. The Morgan fingerprint density at radius 3 is 2.36 bits per heavy atom. The second-order valence-corrected chi connectivity index (χ2v) is 5.96. The zero-order chi connectivity index (χ0) is 18.1. The highest BCUT2D eigenvalue weighted by Gasteiger charge is 2.27.